The quantitative estimate of drug-likeness (QED) is 0.785. The third-order valence-corrected chi connectivity index (χ3v) is 5.20. The Labute approximate surface area is 135 Å². The first-order valence-electron chi connectivity index (χ1n) is 8.09. The zero-order chi connectivity index (χ0) is 16.1. The summed E-state index contributed by atoms with van der Waals surface area (Å²) >= 11 is 0. The van der Waals surface area contributed by atoms with Crippen molar-refractivity contribution < 1.29 is 19.0 Å². The minimum atomic E-state index is -0.137. The molecule has 0 saturated heterocycles. The molecule has 0 N–H and O–H groups in total. The van der Waals surface area contributed by atoms with Crippen LogP contribution in [0.5, 0.6) is 11.5 Å². The fourth-order valence-electron chi connectivity index (χ4n) is 4.18. The second-order valence-corrected chi connectivity index (χ2v) is 6.32. The summed E-state index contributed by atoms with van der Waals surface area (Å²) in [5, 5.41) is 0. The second kappa shape index (κ2) is 5.18. The molecule has 0 unspecified atom stereocenters. The number of hydrogen-bond donors (Lipinski definition) is 0. The van der Waals surface area contributed by atoms with Gasteiger partial charge in [-0.1, -0.05) is 0 Å². The molecule has 0 aromatic heterocycles. The lowest BCUT2D eigenvalue weighted by atomic mass is 9.84. The van der Waals surface area contributed by atoms with Gasteiger partial charge in [0.1, 0.15) is 6.10 Å². The SMILES string of the molecule is COc1cc2c(cc1OC)[C@H]1CCC3=C([C@@H](C)OC3=O)N1CC2. The number of fused-ring (bicyclic) bond motifs is 4. The topological polar surface area (TPSA) is 48.0 Å². The van der Waals surface area contributed by atoms with Crippen LogP contribution in [0.2, 0.25) is 0 Å². The largest absolute Gasteiger partial charge is 0.493 e. The standard InChI is InChI=1S/C18H21NO4/c1-10-17-12(18(20)23-10)4-5-14-13-9-16(22-3)15(21-2)8-11(13)6-7-19(14)17/h8-10,14H,4-7H2,1-3H3/t10-,14-/m1/s1. The summed E-state index contributed by atoms with van der Waals surface area (Å²) in [5.74, 6) is 1.41. The molecule has 0 saturated carbocycles. The van der Waals surface area contributed by atoms with E-state index in [9.17, 15) is 4.79 Å². The summed E-state index contributed by atoms with van der Waals surface area (Å²) < 4.78 is 16.3. The number of ether oxygens (including phenoxy) is 3. The monoisotopic (exact) mass is 315 g/mol. The van der Waals surface area contributed by atoms with Gasteiger partial charge in [-0.25, -0.2) is 4.79 Å². The van der Waals surface area contributed by atoms with Crippen molar-refractivity contribution in [2.75, 3.05) is 20.8 Å². The zero-order valence-corrected chi connectivity index (χ0v) is 13.7. The Bertz CT molecular complexity index is 709. The number of hydrogen-bond acceptors (Lipinski definition) is 5. The maximum absolute atomic E-state index is 12.0. The first-order valence-corrected chi connectivity index (χ1v) is 8.09. The molecule has 23 heavy (non-hydrogen) atoms. The lowest BCUT2D eigenvalue weighted by Crippen LogP contribution is -2.39. The Morgan fingerprint density at radius 1 is 1.17 bits per heavy atom. The summed E-state index contributed by atoms with van der Waals surface area (Å²) in [6.07, 6.45) is 2.52. The third-order valence-electron chi connectivity index (χ3n) is 5.20. The molecule has 3 aliphatic heterocycles. The average Bonchev–Trinajstić information content (AvgIpc) is 2.87. The molecule has 4 rings (SSSR count). The fraction of sp³-hybridized carbons (Fsp3) is 0.500. The number of rotatable bonds is 2. The van der Waals surface area contributed by atoms with Crippen LogP contribution in [0.25, 0.3) is 0 Å². The highest BCUT2D eigenvalue weighted by atomic mass is 16.5. The number of esters is 1. The van der Waals surface area contributed by atoms with Crippen molar-refractivity contribution in [1.82, 2.24) is 4.90 Å². The minimum Gasteiger partial charge on any atom is -0.493 e. The highest BCUT2D eigenvalue weighted by Gasteiger charge is 2.42. The molecule has 0 amide bonds. The Kier molecular flexibility index (Phi) is 3.25. The van der Waals surface area contributed by atoms with Crippen LogP contribution in [0.1, 0.15) is 36.9 Å². The van der Waals surface area contributed by atoms with Crippen molar-refractivity contribution in [2.24, 2.45) is 0 Å². The zero-order valence-electron chi connectivity index (χ0n) is 13.7. The molecule has 3 heterocycles. The van der Waals surface area contributed by atoms with E-state index in [1.165, 1.54) is 11.1 Å². The van der Waals surface area contributed by atoms with Gasteiger partial charge in [0, 0.05) is 6.54 Å². The summed E-state index contributed by atoms with van der Waals surface area (Å²) in [7, 11) is 3.33. The molecule has 3 aliphatic rings. The minimum absolute atomic E-state index is 0.135. The molecule has 0 fully saturated rings. The van der Waals surface area contributed by atoms with Gasteiger partial charge in [-0.15, -0.1) is 0 Å². The molecule has 5 heteroatoms. The van der Waals surface area contributed by atoms with E-state index in [4.69, 9.17) is 14.2 Å². The van der Waals surface area contributed by atoms with E-state index in [0.29, 0.717) is 0 Å². The van der Waals surface area contributed by atoms with Crippen LogP contribution in [0.15, 0.2) is 23.4 Å². The van der Waals surface area contributed by atoms with Gasteiger partial charge in [0.05, 0.1) is 31.5 Å². The van der Waals surface area contributed by atoms with Gasteiger partial charge in [0.25, 0.3) is 0 Å². The number of carbonyl (C=O) groups excluding carboxylic acids is 1. The van der Waals surface area contributed by atoms with Crippen LogP contribution in [-0.4, -0.2) is 37.7 Å². The molecule has 5 nitrogen and oxygen atoms in total. The fourth-order valence-corrected chi connectivity index (χ4v) is 4.18. The molecule has 2 atom stereocenters. The van der Waals surface area contributed by atoms with Crippen molar-refractivity contribution >= 4 is 5.97 Å². The van der Waals surface area contributed by atoms with E-state index in [1.807, 2.05) is 6.92 Å². The molecule has 0 radical (unpaired) electrons. The number of benzene rings is 1. The normalized spacial score (nSPS) is 25.5. The van der Waals surface area contributed by atoms with Gasteiger partial charge in [-0.2, -0.15) is 0 Å². The van der Waals surface area contributed by atoms with E-state index in [2.05, 4.69) is 17.0 Å². The van der Waals surface area contributed by atoms with E-state index < -0.39 is 0 Å². The van der Waals surface area contributed by atoms with Gasteiger partial charge in [-0.05, 0) is 49.4 Å². The molecular weight excluding hydrogens is 294 g/mol. The lowest BCUT2D eigenvalue weighted by molar-refractivity contribution is -0.139. The van der Waals surface area contributed by atoms with Gasteiger partial charge in [-0.3, -0.25) is 0 Å². The van der Waals surface area contributed by atoms with Crippen molar-refractivity contribution in [2.45, 2.75) is 38.3 Å². The Hall–Kier alpha value is -2.17. The molecule has 0 spiro atoms. The smallest absolute Gasteiger partial charge is 0.336 e. The number of nitrogens with zero attached hydrogens (tertiary/aromatic N) is 1. The van der Waals surface area contributed by atoms with Crippen LogP contribution in [0, 0.1) is 0 Å². The van der Waals surface area contributed by atoms with E-state index in [0.717, 1.165) is 48.6 Å². The number of cyclic esters (lactones) is 1. The second-order valence-electron chi connectivity index (χ2n) is 6.32. The van der Waals surface area contributed by atoms with Gasteiger partial charge >= 0.3 is 5.97 Å². The van der Waals surface area contributed by atoms with Crippen molar-refractivity contribution in [3.63, 3.8) is 0 Å². The van der Waals surface area contributed by atoms with E-state index in [1.54, 1.807) is 14.2 Å². The van der Waals surface area contributed by atoms with Crippen LogP contribution in [-0.2, 0) is 16.0 Å². The maximum Gasteiger partial charge on any atom is 0.336 e. The Morgan fingerprint density at radius 3 is 2.65 bits per heavy atom. The first-order chi connectivity index (χ1) is 11.1. The number of methoxy groups -OCH3 is 2. The van der Waals surface area contributed by atoms with Crippen LogP contribution < -0.4 is 9.47 Å². The summed E-state index contributed by atoms with van der Waals surface area (Å²) in [5.41, 5.74) is 4.56. The summed E-state index contributed by atoms with van der Waals surface area (Å²) in [4.78, 5) is 14.3. The third kappa shape index (κ3) is 2.02. The van der Waals surface area contributed by atoms with Gasteiger partial charge in [0.15, 0.2) is 11.5 Å². The average molecular weight is 315 g/mol. The predicted molar refractivity (Wildman–Crippen MR) is 84.5 cm³/mol. The highest BCUT2D eigenvalue weighted by Crippen LogP contribution is 2.47. The highest BCUT2D eigenvalue weighted by molar-refractivity contribution is 5.92. The van der Waals surface area contributed by atoms with Crippen LogP contribution in [0.3, 0.4) is 0 Å². The van der Waals surface area contributed by atoms with Crippen LogP contribution >= 0.6 is 0 Å². The van der Waals surface area contributed by atoms with E-state index in [-0.39, 0.29) is 18.1 Å². The van der Waals surface area contributed by atoms with Crippen molar-refractivity contribution in [3.05, 3.63) is 34.5 Å². The van der Waals surface area contributed by atoms with Crippen molar-refractivity contribution in [1.29, 1.82) is 0 Å². The summed E-state index contributed by atoms with van der Waals surface area (Å²) in [6.45, 7) is 2.87. The van der Waals surface area contributed by atoms with Crippen molar-refractivity contribution in [3.8, 4) is 11.5 Å². The molecule has 1 aromatic carbocycles. The molecule has 122 valence electrons. The molecule has 1 aromatic rings. The maximum atomic E-state index is 12.0. The van der Waals surface area contributed by atoms with E-state index >= 15 is 0 Å². The summed E-state index contributed by atoms with van der Waals surface area (Å²) in [6, 6.07) is 4.47. The lowest BCUT2D eigenvalue weighted by Gasteiger charge is -2.43. The van der Waals surface area contributed by atoms with Gasteiger partial charge in [0.2, 0.25) is 0 Å². The molecule has 0 bridgehead atoms. The Balaban J connectivity index is 1.78. The van der Waals surface area contributed by atoms with Crippen LogP contribution in [0.4, 0.5) is 0 Å². The Morgan fingerprint density at radius 2 is 1.91 bits per heavy atom. The molecule has 0 aliphatic carbocycles. The first kappa shape index (κ1) is 14.4. The number of carbonyl (C=O) groups is 1. The van der Waals surface area contributed by atoms with Gasteiger partial charge < -0.3 is 19.1 Å². The molecular formula is C18H21NO4. The predicted octanol–water partition coefficient (Wildman–Crippen LogP) is 2.60.